The van der Waals surface area contributed by atoms with E-state index in [0.29, 0.717) is 25.5 Å². The van der Waals surface area contributed by atoms with Gasteiger partial charge >= 0.3 is 0 Å². The molecule has 0 fully saturated rings. The lowest BCUT2D eigenvalue weighted by atomic mass is 10.3. The SMILES string of the molecule is CCS(=O)(=O)NCCN=C(NCCc1ccco1)Nc1ccc(OC(C)C)cc1.I. The second kappa shape index (κ2) is 13.5. The van der Waals surface area contributed by atoms with Gasteiger partial charge in [-0.15, -0.1) is 24.0 Å². The molecule has 0 aliphatic carbocycles. The van der Waals surface area contributed by atoms with Crippen LogP contribution >= 0.6 is 24.0 Å². The van der Waals surface area contributed by atoms with Gasteiger partial charge in [-0.3, -0.25) is 4.99 Å². The van der Waals surface area contributed by atoms with Gasteiger partial charge in [-0.1, -0.05) is 0 Å². The molecule has 168 valence electrons. The number of furan rings is 1. The summed E-state index contributed by atoms with van der Waals surface area (Å²) in [7, 11) is -3.22. The number of nitrogens with one attached hydrogen (secondary N) is 3. The van der Waals surface area contributed by atoms with Crippen LogP contribution in [0, 0.1) is 0 Å². The fourth-order valence-electron chi connectivity index (χ4n) is 2.40. The van der Waals surface area contributed by atoms with Crippen molar-refractivity contribution in [2.75, 3.05) is 30.7 Å². The summed E-state index contributed by atoms with van der Waals surface area (Å²) >= 11 is 0. The van der Waals surface area contributed by atoms with Gasteiger partial charge in [0.15, 0.2) is 5.96 Å². The minimum absolute atomic E-state index is 0. The van der Waals surface area contributed by atoms with E-state index in [1.165, 1.54) is 0 Å². The van der Waals surface area contributed by atoms with Crippen LogP contribution in [0.2, 0.25) is 0 Å². The summed E-state index contributed by atoms with van der Waals surface area (Å²) in [6.45, 7) is 6.72. The summed E-state index contributed by atoms with van der Waals surface area (Å²) in [5, 5.41) is 6.46. The first-order valence-corrected chi connectivity index (χ1v) is 11.3. The van der Waals surface area contributed by atoms with E-state index >= 15 is 0 Å². The maximum Gasteiger partial charge on any atom is 0.211 e. The van der Waals surface area contributed by atoms with Crippen molar-refractivity contribution < 1.29 is 17.6 Å². The average molecular weight is 550 g/mol. The normalized spacial score (nSPS) is 11.8. The smallest absolute Gasteiger partial charge is 0.211 e. The first-order valence-electron chi connectivity index (χ1n) is 9.69. The van der Waals surface area contributed by atoms with Gasteiger partial charge in [0.2, 0.25) is 10.0 Å². The molecule has 0 radical (unpaired) electrons. The van der Waals surface area contributed by atoms with Crippen molar-refractivity contribution in [3.63, 3.8) is 0 Å². The summed E-state index contributed by atoms with van der Waals surface area (Å²) < 4.78 is 36.6. The Labute approximate surface area is 195 Å². The molecule has 0 spiro atoms. The zero-order valence-electron chi connectivity index (χ0n) is 17.6. The maximum absolute atomic E-state index is 11.5. The third-order valence-electron chi connectivity index (χ3n) is 3.82. The van der Waals surface area contributed by atoms with Gasteiger partial charge in [-0.05, 0) is 57.2 Å². The molecule has 1 heterocycles. The topological polar surface area (TPSA) is 105 Å². The van der Waals surface area contributed by atoms with Crippen LogP contribution in [0.25, 0.3) is 0 Å². The lowest BCUT2D eigenvalue weighted by Crippen LogP contribution is -2.34. The maximum atomic E-state index is 11.5. The van der Waals surface area contributed by atoms with E-state index in [9.17, 15) is 8.42 Å². The molecule has 0 saturated carbocycles. The van der Waals surface area contributed by atoms with Crippen LogP contribution in [-0.2, 0) is 16.4 Å². The van der Waals surface area contributed by atoms with Crippen molar-refractivity contribution in [1.29, 1.82) is 0 Å². The molecule has 2 aromatic rings. The van der Waals surface area contributed by atoms with Crippen LogP contribution in [0.1, 0.15) is 26.5 Å². The number of benzene rings is 1. The number of sulfonamides is 1. The minimum Gasteiger partial charge on any atom is -0.491 e. The highest BCUT2D eigenvalue weighted by molar-refractivity contribution is 14.0. The molecule has 0 aliphatic heterocycles. The Morgan fingerprint density at radius 3 is 2.50 bits per heavy atom. The number of nitrogens with zero attached hydrogens (tertiary/aromatic N) is 1. The van der Waals surface area contributed by atoms with E-state index in [1.807, 2.05) is 50.2 Å². The van der Waals surface area contributed by atoms with Crippen LogP contribution in [0.3, 0.4) is 0 Å². The Hall–Kier alpha value is -1.79. The van der Waals surface area contributed by atoms with Gasteiger partial charge in [0, 0.05) is 25.2 Å². The second-order valence-electron chi connectivity index (χ2n) is 6.60. The van der Waals surface area contributed by atoms with Gasteiger partial charge in [-0.25, -0.2) is 13.1 Å². The van der Waals surface area contributed by atoms with E-state index in [0.717, 1.165) is 17.2 Å². The number of hydrogen-bond donors (Lipinski definition) is 3. The van der Waals surface area contributed by atoms with Crippen LogP contribution < -0.4 is 20.1 Å². The summed E-state index contributed by atoms with van der Waals surface area (Å²) in [5.41, 5.74) is 0.847. The molecule has 1 aromatic heterocycles. The van der Waals surface area contributed by atoms with Gasteiger partial charge in [-0.2, -0.15) is 0 Å². The Morgan fingerprint density at radius 2 is 1.90 bits per heavy atom. The molecule has 2 rings (SSSR count). The number of hydrogen-bond acceptors (Lipinski definition) is 5. The number of anilines is 1. The number of aliphatic imine (C=N–C) groups is 1. The summed E-state index contributed by atoms with van der Waals surface area (Å²) in [6.07, 6.45) is 2.46. The Morgan fingerprint density at radius 1 is 1.17 bits per heavy atom. The first kappa shape index (κ1) is 26.2. The molecule has 0 atom stereocenters. The van der Waals surface area contributed by atoms with Gasteiger partial charge < -0.3 is 19.8 Å². The Bertz CT molecular complexity index is 853. The predicted octanol–water partition coefficient (Wildman–Crippen LogP) is 3.22. The Kier molecular flexibility index (Phi) is 11.8. The molecular weight excluding hydrogens is 519 g/mol. The van der Waals surface area contributed by atoms with E-state index < -0.39 is 10.0 Å². The molecule has 0 saturated heterocycles. The second-order valence-corrected chi connectivity index (χ2v) is 8.70. The highest BCUT2D eigenvalue weighted by Gasteiger charge is 2.06. The van der Waals surface area contributed by atoms with E-state index in [2.05, 4.69) is 20.3 Å². The predicted molar refractivity (Wildman–Crippen MR) is 131 cm³/mol. The number of rotatable bonds is 11. The number of guanidine groups is 1. The molecule has 10 heteroatoms. The highest BCUT2D eigenvalue weighted by Crippen LogP contribution is 2.16. The molecule has 8 nitrogen and oxygen atoms in total. The van der Waals surface area contributed by atoms with Crippen molar-refractivity contribution in [1.82, 2.24) is 10.0 Å². The van der Waals surface area contributed by atoms with Crippen LogP contribution in [0.15, 0.2) is 52.1 Å². The van der Waals surface area contributed by atoms with Gasteiger partial charge in [0.05, 0.1) is 24.7 Å². The molecule has 3 N–H and O–H groups in total. The quantitative estimate of drug-likeness (QED) is 0.172. The van der Waals surface area contributed by atoms with Gasteiger partial charge in [0.1, 0.15) is 11.5 Å². The van der Waals surface area contributed by atoms with Crippen LogP contribution in [0.4, 0.5) is 5.69 Å². The average Bonchev–Trinajstić information content (AvgIpc) is 3.19. The van der Waals surface area contributed by atoms with E-state index in [-0.39, 0.29) is 42.4 Å². The van der Waals surface area contributed by atoms with Gasteiger partial charge in [0.25, 0.3) is 0 Å². The molecule has 0 aliphatic rings. The van der Waals surface area contributed by atoms with Crippen molar-refractivity contribution >= 4 is 45.6 Å². The molecule has 1 aromatic carbocycles. The number of halogens is 1. The van der Waals surface area contributed by atoms with Crippen LogP contribution in [0.5, 0.6) is 5.75 Å². The van der Waals surface area contributed by atoms with Crippen LogP contribution in [-0.4, -0.2) is 45.9 Å². The molecular formula is C20H31IN4O4S. The van der Waals surface area contributed by atoms with Crippen molar-refractivity contribution in [2.45, 2.75) is 33.3 Å². The monoisotopic (exact) mass is 550 g/mol. The van der Waals surface area contributed by atoms with Crippen molar-refractivity contribution in [2.24, 2.45) is 4.99 Å². The zero-order valence-corrected chi connectivity index (χ0v) is 20.7. The third-order valence-corrected chi connectivity index (χ3v) is 5.22. The fourth-order valence-corrected chi connectivity index (χ4v) is 3.00. The largest absolute Gasteiger partial charge is 0.491 e. The summed E-state index contributed by atoms with van der Waals surface area (Å²) in [4.78, 5) is 4.45. The molecule has 0 unspecified atom stereocenters. The van der Waals surface area contributed by atoms with E-state index in [1.54, 1.807) is 13.2 Å². The van der Waals surface area contributed by atoms with E-state index in [4.69, 9.17) is 9.15 Å². The first-order chi connectivity index (χ1) is 13.9. The molecule has 0 bridgehead atoms. The Balaban J connectivity index is 0.00000450. The zero-order chi connectivity index (χ0) is 21.1. The third kappa shape index (κ3) is 10.3. The standard InChI is InChI=1S/C20H30N4O4S.HI/c1-4-29(25,26)23-14-13-22-20(21-12-11-18-6-5-15-27-18)24-17-7-9-19(10-8-17)28-16(2)3;/h5-10,15-16,23H,4,11-14H2,1-3H3,(H2,21,22,24);1H. The minimum atomic E-state index is -3.22. The van der Waals surface area contributed by atoms with Crippen molar-refractivity contribution in [3.05, 3.63) is 48.4 Å². The number of ether oxygens (including phenoxy) is 1. The lowest BCUT2D eigenvalue weighted by Gasteiger charge is -2.14. The molecule has 0 amide bonds. The van der Waals surface area contributed by atoms with Crippen molar-refractivity contribution in [3.8, 4) is 5.75 Å². The lowest BCUT2D eigenvalue weighted by molar-refractivity contribution is 0.242. The summed E-state index contributed by atoms with van der Waals surface area (Å²) in [6, 6.07) is 11.3. The summed E-state index contributed by atoms with van der Waals surface area (Å²) in [5.74, 6) is 2.28. The molecule has 30 heavy (non-hydrogen) atoms. The highest BCUT2D eigenvalue weighted by atomic mass is 127. The fraction of sp³-hybridized carbons (Fsp3) is 0.450.